The molecule has 0 unspecified atom stereocenters. The van der Waals surface area contributed by atoms with E-state index in [4.69, 9.17) is 10.5 Å². The molecular formula is C15H20ClF3N2O3. The molecule has 2 N–H and O–H groups in total. The van der Waals surface area contributed by atoms with Crippen LogP contribution in [0.2, 0.25) is 0 Å². The molecule has 1 saturated heterocycles. The highest BCUT2D eigenvalue weighted by Gasteiger charge is 2.38. The molecule has 1 aromatic carbocycles. The zero-order valence-corrected chi connectivity index (χ0v) is 14.0. The normalized spacial score (nSPS) is 16.9. The van der Waals surface area contributed by atoms with Crippen LogP contribution in [0.1, 0.15) is 18.4 Å². The zero-order valence-electron chi connectivity index (χ0n) is 13.1. The number of para-hydroxylation sites is 1. The SMILES string of the molecule is CN(Cc1ccccc1OC(F)(F)F)C(=O)C1(N)CCOCC1.Cl. The largest absolute Gasteiger partial charge is 0.573 e. The molecule has 0 spiro atoms. The number of rotatable bonds is 4. The first kappa shape index (κ1) is 20.5. The number of carbonyl (C=O) groups excluding carboxylic acids is 1. The van der Waals surface area contributed by atoms with Crippen LogP contribution in [0, 0.1) is 0 Å². The lowest BCUT2D eigenvalue weighted by molar-refractivity contribution is -0.275. The maximum atomic E-state index is 12.5. The van der Waals surface area contributed by atoms with Crippen LogP contribution in [0.15, 0.2) is 24.3 Å². The topological polar surface area (TPSA) is 64.8 Å². The minimum Gasteiger partial charge on any atom is -0.405 e. The Morgan fingerprint density at radius 1 is 1.33 bits per heavy atom. The van der Waals surface area contributed by atoms with E-state index < -0.39 is 11.9 Å². The average molecular weight is 369 g/mol. The van der Waals surface area contributed by atoms with Gasteiger partial charge in [-0.25, -0.2) is 0 Å². The summed E-state index contributed by atoms with van der Waals surface area (Å²) in [4.78, 5) is 13.8. The van der Waals surface area contributed by atoms with Gasteiger partial charge in [-0.05, 0) is 18.9 Å². The Labute approximate surface area is 144 Å². The Balaban J connectivity index is 0.00000288. The number of halogens is 4. The highest BCUT2D eigenvalue weighted by molar-refractivity contribution is 5.86. The van der Waals surface area contributed by atoms with E-state index in [1.807, 2.05) is 0 Å². The van der Waals surface area contributed by atoms with Gasteiger partial charge in [-0.2, -0.15) is 0 Å². The van der Waals surface area contributed by atoms with Gasteiger partial charge in [0.05, 0.1) is 5.54 Å². The maximum absolute atomic E-state index is 12.5. The Morgan fingerprint density at radius 3 is 2.50 bits per heavy atom. The molecule has 1 fully saturated rings. The van der Waals surface area contributed by atoms with E-state index >= 15 is 0 Å². The lowest BCUT2D eigenvalue weighted by Crippen LogP contribution is -2.57. The van der Waals surface area contributed by atoms with Crippen molar-refractivity contribution in [2.45, 2.75) is 31.3 Å². The van der Waals surface area contributed by atoms with Crippen molar-refractivity contribution >= 4 is 18.3 Å². The molecule has 5 nitrogen and oxygen atoms in total. The van der Waals surface area contributed by atoms with Gasteiger partial charge in [0.25, 0.3) is 0 Å². The highest BCUT2D eigenvalue weighted by Crippen LogP contribution is 2.28. The van der Waals surface area contributed by atoms with E-state index in [2.05, 4.69) is 4.74 Å². The van der Waals surface area contributed by atoms with Gasteiger partial charge in [0, 0.05) is 32.4 Å². The lowest BCUT2D eigenvalue weighted by atomic mass is 9.89. The van der Waals surface area contributed by atoms with Gasteiger partial charge >= 0.3 is 6.36 Å². The number of likely N-dealkylation sites (N-methyl/N-ethyl adjacent to an activating group) is 1. The maximum Gasteiger partial charge on any atom is 0.573 e. The molecule has 1 amide bonds. The van der Waals surface area contributed by atoms with Crippen LogP contribution in [0.3, 0.4) is 0 Å². The molecular weight excluding hydrogens is 349 g/mol. The van der Waals surface area contributed by atoms with Crippen molar-refractivity contribution < 1.29 is 27.4 Å². The minimum absolute atomic E-state index is 0. The zero-order chi connectivity index (χ0) is 17.1. The second kappa shape index (κ2) is 8.04. The summed E-state index contributed by atoms with van der Waals surface area (Å²) in [7, 11) is 1.51. The summed E-state index contributed by atoms with van der Waals surface area (Å²) in [6.45, 7) is 0.762. The predicted molar refractivity (Wildman–Crippen MR) is 83.8 cm³/mol. The Kier molecular flexibility index (Phi) is 6.88. The van der Waals surface area contributed by atoms with Crippen molar-refractivity contribution in [2.24, 2.45) is 5.73 Å². The van der Waals surface area contributed by atoms with Crippen LogP contribution in [-0.4, -0.2) is 43.0 Å². The summed E-state index contributed by atoms with van der Waals surface area (Å²) < 4.78 is 46.5. The smallest absolute Gasteiger partial charge is 0.405 e. The van der Waals surface area contributed by atoms with Crippen LogP contribution in [-0.2, 0) is 16.1 Å². The second-order valence-corrected chi connectivity index (χ2v) is 5.59. The van der Waals surface area contributed by atoms with E-state index in [1.165, 1.54) is 30.1 Å². The fourth-order valence-electron chi connectivity index (χ4n) is 2.52. The molecule has 0 aromatic heterocycles. The number of nitrogens with two attached hydrogens (primary N) is 1. The van der Waals surface area contributed by atoms with Crippen molar-refractivity contribution in [3.63, 3.8) is 0 Å². The number of benzene rings is 1. The van der Waals surface area contributed by atoms with E-state index in [-0.39, 0.29) is 36.2 Å². The molecule has 136 valence electrons. The Morgan fingerprint density at radius 2 is 1.92 bits per heavy atom. The lowest BCUT2D eigenvalue weighted by Gasteiger charge is -2.35. The van der Waals surface area contributed by atoms with Crippen LogP contribution >= 0.6 is 12.4 Å². The van der Waals surface area contributed by atoms with Gasteiger partial charge in [-0.1, -0.05) is 18.2 Å². The van der Waals surface area contributed by atoms with Crippen molar-refractivity contribution in [3.05, 3.63) is 29.8 Å². The molecule has 0 radical (unpaired) electrons. The summed E-state index contributed by atoms with van der Waals surface area (Å²) in [5.74, 6) is -0.639. The molecule has 9 heteroatoms. The summed E-state index contributed by atoms with van der Waals surface area (Å²) in [5, 5.41) is 0. The fraction of sp³-hybridized carbons (Fsp3) is 0.533. The predicted octanol–water partition coefficient (Wildman–Crippen LogP) is 2.47. The number of hydrogen-bond donors (Lipinski definition) is 1. The van der Waals surface area contributed by atoms with Crippen LogP contribution in [0.5, 0.6) is 5.75 Å². The number of carbonyl (C=O) groups is 1. The molecule has 1 aromatic rings. The fourth-order valence-corrected chi connectivity index (χ4v) is 2.52. The van der Waals surface area contributed by atoms with Crippen LogP contribution < -0.4 is 10.5 Å². The van der Waals surface area contributed by atoms with Crippen molar-refractivity contribution in [1.29, 1.82) is 0 Å². The second-order valence-electron chi connectivity index (χ2n) is 5.59. The molecule has 2 rings (SSSR count). The average Bonchev–Trinajstić information content (AvgIpc) is 2.47. The third kappa shape index (κ3) is 5.25. The van der Waals surface area contributed by atoms with E-state index in [1.54, 1.807) is 6.07 Å². The van der Waals surface area contributed by atoms with Gasteiger partial charge in [0.15, 0.2) is 0 Å². The van der Waals surface area contributed by atoms with Gasteiger partial charge < -0.3 is 20.1 Å². The standard InChI is InChI=1S/C15H19F3N2O3.ClH/c1-20(13(21)14(19)6-8-22-9-7-14)10-11-4-2-3-5-12(11)23-15(16,17)18;/h2-5H,6-10,19H2,1H3;1H. The van der Waals surface area contributed by atoms with Crippen LogP contribution in [0.25, 0.3) is 0 Å². The third-order valence-electron chi connectivity index (χ3n) is 3.76. The quantitative estimate of drug-likeness (QED) is 0.886. The van der Waals surface area contributed by atoms with Crippen molar-refractivity contribution in [2.75, 3.05) is 20.3 Å². The highest BCUT2D eigenvalue weighted by atomic mass is 35.5. The number of amides is 1. The van der Waals surface area contributed by atoms with Gasteiger partial charge in [-0.3, -0.25) is 4.79 Å². The first-order chi connectivity index (χ1) is 10.7. The molecule has 1 aliphatic rings. The van der Waals surface area contributed by atoms with Crippen LogP contribution in [0.4, 0.5) is 13.2 Å². The summed E-state index contributed by atoms with van der Waals surface area (Å²) >= 11 is 0. The molecule has 0 aliphatic carbocycles. The summed E-state index contributed by atoms with van der Waals surface area (Å²) in [5.41, 5.74) is 5.34. The van der Waals surface area contributed by atoms with E-state index in [0.29, 0.717) is 26.1 Å². The third-order valence-corrected chi connectivity index (χ3v) is 3.76. The molecule has 1 heterocycles. The monoisotopic (exact) mass is 368 g/mol. The Bertz CT molecular complexity index is 563. The molecule has 0 saturated carbocycles. The van der Waals surface area contributed by atoms with E-state index in [9.17, 15) is 18.0 Å². The number of alkyl halides is 3. The molecule has 0 atom stereocenters. The summed E-state index contributed by atoms with van der Waals surface area (Å²) in [6.07, 6.45) is -4.01. The number of ether oxygens (including phenoxy) is 2. The van der Waals surface area contributed by atoms with E-state index in [0.717, 1.165) is 0 Å². The first-order valence-electron chi connectivity index (χ1n) is 7.17. The molecule has 24 heavy (non-hydrogen) atoms. The number of hydrogen-bond acceptors (Lipinski definition) is 4. The molecule has 1 aliphatic heterocycles. The number of nitrogens with zero attached hydrogens (tertiary/aromatic N) is 1. The van der Waals surface area contributed by atoms with Gasteiger partial charge in [0.1, 0.15) is 5.75 Å². The van der Waals surface area contributed by atoms with Crippen molar-refractivity contribution in [1.82, 2.24) is 4.90 Å². The van der Waals surface area contributed by atoms with Gasteiger partial charge in [-0.15, -0.1) is 25.6 Å². The Hall–Kier alpha value is -1.51. The summed E-state index contributed by atoms with van der Waals surface area (Å²) in [6, 6.07) is 5.73. The van der Waals surface area contributed by atoms with Crippen molar-refractivity contribution in [3.8, 4) is 5.75 Å². The molecule has 0 bridgehead atoms. The van der Waals surface area contributed by atoms with Gasteiger partial charge in [0.2, 0.25) is 5.91 Å². The minimum atomic E-state index is -4.78. The first-order valence-corrected chi connectivity index (χ1v) is 7.17.